The standard InChI is InChI=1S/C13H21NO2/c1-9(2)10(3)16-8-11-7-12(14)5-6-13(11)15-4/h5-7,9-10H,8,14H2,1-4H3/t10-/m1/s1. The molecule has 0 aliphatic carbocycles. The van der Waals surface area contributed by atoms with Crippen molar-refractivity contribution in [1.82, 2.24) is 0 Å². The summed E-state index contributed by atoms with van der Waals surface area (Å²) in [6, 6.07) is 5.59. The van der Waals surface area contributed by atoms with E-state index in [0.717, 1.165) is 17.0 Å². The Bertz CT molecular complexity index is 337. The fourth-order valence-corrected chi connectivity index (χ4v) is 1.32. The molecular formula is C13H21NO2. The molecule has 0 fully saturated rings. The maximum absolute atomic E-state index is 5.75. The van der Waals surface area contributed by atoms with Gasteiger partial charge in [-0.2, -0.15) is 0 Å². The number of nitrogen functional groups attached to an aromatic ring is 1. The monoisotopic (exact) mass is 223 g/mol. The second-order valence-electron chi connectivity index (χ2n) is 4.33. The van der Waals surface area contributed by atoms with Crippen molar-refractivity contribution in [2.75, 3.05) is 12.8 Å². The number of rotatable bonds is 5. The molecule has 90 valence electrons. The quantitative estimate of drug-likeness (QED) is 0.781. The predicted octanol–water partition coefficient (Wildman–Crippen LogP) is 2.84. The molecule has 0 unspecified atom stereocenters. The highest BCUT2D eigenvalue weighted by Crippen LogP contribution is 2.22. The molecule has 3 nitrogen and oxygen atoms in total. The van der Waals surface area contributed by atoms with Crippen molar-refractivity contribution in [3.8, 4) is 5.75 Å². The van der Waals surface area contributed by atoms with E-state index in [4.69, 9.17) is 15.2 Å². The number of anilines is 1. The Hall–Kier alpha value is -1.22. The zero-order chi connectivity index (χ0) is 12.1. The summed E-state index contributed by atoms with van der Waals surface area (Å²) < 4.78 is 11.0. The Labute approximate surface area is 97.6 Å². The summed E-state index contributed by atoms with van der Waals surface area (Å²) in [6.07, 6.45) is 0.228. The van der Waals surface area contributed by atoms with Crippen LogP contribution in [0, 0.1) is 5.92 Å². The van der Waals surface area contributed by atoms with Gasteiger partial charge in [-0.05, 0) is 31.0 Å². The van der Waals surface area contributed by atoms with Gasteiger partial charge < -0.3 is 15.2 Å². The fraction of sp³-hybridized carbons (Fsp3) is 0.538. The van der Waals surface area contributed by atoms with E-state index in [1.165, 1.54) is 0 Å². The first-order valence-electron chi connectivity index (χ1n) is 5.58. The van der Waals surface area contributed by atoms with Crippen molar-refractivity contribution in [2.45, 2.75) is 33.5 Å². The van der Waals surface area contributed by atoms with Crippen LogP contribution in [-0.4, -0.2) is 13.2 Å². The van der Waals surface area contributed by atoms with Crippen molar-refractivity contribution < 1.29 is 9.47 Å². The molecule has 3 heteroatoms. The van der Waals surface area contributed by atoms with Gasteiger partial charge in [0.2, 0.25) is 0 Å². The molecule has 0 spiro atoms. The van der Waals surface area contributed by atoms with Crippen LogP contribution in [0.25, 0.3) is 0 Å². The molecule has 1 atom stereocenters. The van der Waals surface area contributed by atoms with Crippen molar-refractivity contribution >= 4 is 5.69 Å². The zero-order valence-electron chi connectivity index (χ0n) is 10.5. The van der Waals surface area contributed by atoms with Gasteiger partial charge in [-0.25, -0.2) is 0 Å². The van der Waals surface area contributed by atoms with Crippen molar-refractivity contribution in [3.63, 3.8) is 0 Å². The Morgan fingerprint density at radius 3 is 2.50 bits per heavy atom. The molecule has 1 aromatic rings. The van der Waals surface area contributed by atoms with E-state index in [-0.39, 0.29) is 6.10 Å². The first-order valence-corrected chi connectivity index (χ1v) is 5.58. The minimum atomic E-state index is 0.228. The Balaban J connectivity index is 2.68. The predicted molar refractivity (Wildman–Crippen MR) is 66.5 cm³/mol. The van der Waals surface area contributed by atoms with Gasteiger partial charge in [0.1, 0.15) is 5.75 Å². The topological polar surface area (TPSA) is 44.5 Å². The van der Waals surface area contributed by atoms with Gasteiger partial charge >= 0.3 is 0 Å². The molecule has 0 bridgehead atoms. The smallest absolute Gasteiger partial charge is 0.124 e. The molecule has 16 heavy (non-hydrogen) atoms. The van der Waals surface area contributed by atoms with Gasteiger partial charge in [-0.15, -0.1) is 0 Å². The van der Waals surface area contributed by atoms with Crippen LogP contribution < -0.4 is 10.5 Å². The summed E-state index contributed by atoms with van der Waals surface area (Å²) in [5.41, 5.74) is 7.47. The molecular weight excluding hydrogens is 202 g/mol. The van der Waals surface area contributed by atoms with Gasteiger partial charge in [0.25, 0.3) is 0 Å². The normalized spacial score (nSPS) is 12.8. The highest BCUT2D eigenvalue weighted by molar-refractivity contribution is 5.47. The number of hydrogen-bond donors (Lipinski definition) is 1. The van der Waals surface area contributed by atoms with Gasteiger partial charge in [-0.3, -0.25) is 0 Å². The van der Waals surface area contributed by atoms with Crippen LogP contribution in [0.2, 0.25) is 0 Å². The summed E-state index contributed by atoms with van der Waals surface area (Å²) in [4.78, 5) is 0. The third-order valence-electron chi connectivity index (χ3n) is 2.75. The van der Waals surface area contributed by atoms with Gasteiger partial charge in [0.05, 0.1) is 19.8 Å². The fourth-order valence-electron chi connectivity index (χ4n) is 1.32. The highest BCUT2D eigenvalue weighted by atomic mass is 16.5. The van der Waals surface area contributed by atoms with E-state index < -0.39 is 0 Å². The SMILES string of the molecule is COc1ccc(N)cc1CO[C@H](C)C(C)C. The maximum atomic E-state index is 5.75. The lowest BCUT2D eigenvalue weighted by atomic mass is 10.1. The number of methoxy groups -OCH3 is 1. The average molecular weight is 223 g/mol. The van der Waals surface area contributed by atoms with E-state index in [2.05, 4.69) is 20.8 Å². The molecule has 0 saturated carbocycles. The number of ether oxygens (including phenoxy) is 2. The van der Waals surface area contributed by atoms with Crippen LogP contribution in [0.3, 0.4) is 0 Å². The molecule has 0 saturated heterocycles. The molecule has 0 aromatic heterocycles. The van der Waals surface area contributed by atoms with Gasteiger partial charge in [-0.1, -0.05) is 13.8 Å². The maximum Gasteiger partial charge on any atom is 0.124 e. The Kier molecular flexibility index (Phi) is 4.62. The number of hydrogen-bond acceptors (Lipinski definition) is 3. The highest BCUT2D eigenvalue weighted by Gasteiger charge is 2.09. The second kappa shape index (κ2) is 5.75. The first-order chi connectivity index (χ1) is 7.54. The number of nitrogens with two attached hydrogens (primary N) is 1. The molecule has 0 radical (unpaired) electrons. The molecule has 0 aliphatic heterocycles. The van der Waals surface area contributed by atoms with Crippen LogP contribution in [0.1, 0.15) is 26.3 Å². The van der Waals surface area contributed by atoms with Crippen molar-refractivity contribution in [3.05, 3.63) is 23.8 Å². The summed E-state index contributed by atoms with van der Waals surface area (Å²) in [5.74, 6) is 1.33. The van der Waals surface area contributed by atoms with E-state index >= 15 is 0 Å². The summed E-state index contributed by atoms with van der Waals surface area (Å²) in [6.45, 7) is 6.89. The van der Waals surface area contributed by atoms with Crippen molar-refractivity contribution in [1.29, 1.82) is 0 Å². The minimum Gasteiger partial charge on any atom is -0.496 e. The third-order valence-corrected chi connectivity index (χ3v) is 2.75. The van der Waals surface area contributed by atoms with E-state index in [0.29, 0.717) is 12.5 Å². The van der Waals surface area contributed by atoms with E-state index in [9.17, 15) is 0 Å². The minimum absolute atomic E-state index is 0.228. The summed E-state index contributed by atoms with van der Waals surface area (Å²) in [5, 5.41) is 0. The summed E-state index contributed by atoms with van der Waals surface area (Å²) in [7, 11) is 1.65. The van der Waals surface area contributed by atoms with Crippen LogP contribution >= 0.6 is 0 Å². The lowest BCUT2D eigenvalue weighted by Gasteiger charge is -2.17. The Morgan fingerprint density at radius 1 is 1.25 bits per heavy atom. The van der Waals surface area contributed by atoms with Gasteiger partial charge in [0, 0.05) is 11.3 Å². The van der Waals surface area contributed by atoms with E-state index in [1.54, 1.807) is 7.11 Å². The molecule has 0 aliphatic rings. The zero-order valence-corrected chi connectivity index (χ0v) is 10.5. The largest absolute Gasteiger partial charge is 0.496 e. The lowest BCUT2D eigenvalue weighted by Crippen LogP contribution is -2.15. The molecule has 1 aromatic carbocycles. The Morgan fingerprint density at radius 2 is 1.94 bits per heavy atom. The average Bonchev–Trinajstić information content (AvgIpc) is 2.25. The second-order valence-corrected chi connectivity index (χ2v) is 4.33. The third kappa shape index (κ3) is 3.42. The molecule has 2 N–H and O–H groups in total. The lowest BCUT2D eigenvalue weighted by molar-refractivity contribution is 0.0226. The molecule has 1 rings (SSSR count). The van der Waals surface area contributed by atoms with Crippen molar-refractivity contribution in [2.24, 2.45) is 5.92 Å². The van der Waals surface area contributed by atoms with Crippen LogP contribution in [0.15, 0.2) is 18.2 Å². The summed E-state index contributed by atoms with van der Waals surface area (Å²) >= 11 is 0. The van der Waals surface area contributed by atoms with Crippen LogP contribution in [-0.2, 0) is 11.3 Å². The molecule has 0 heterocycles. The van der Waals surface area contributed by atoms with Crippen LogP contribution in [0.5, 0.6) is 5.75 Å². The first kappa shape index (κ1) is 12.8. The molecule has 0 amide bonds. The van der Waals surface area contributed by atoms with Gasteiger partial charge in [0.15, 0.2) is 0 Å². The van der Waals surface area contributed by atoms with Crippen LogP contribution in [0.4, 0.5) is 5.69 Å². The van der Waals surface area contributed by atoms with E-state index in [1.807, 2.05) is 18.2 Å². The number of benzene rings is 1.